The maximum atomic E-state index is 12.4. The topological polar surface area (TPSA) is 79.8 Å². The number of aromatic nitrogens is 2. The summed E-state index contributed by atoms with van der Waals surface area (Å²) in [6, 6.07) is 13.5. The Morgan fingerprint density at radius 2 is 1.76 bits per heavy atom. The molecular weight excluding hydrogens is 472 g/mol. The van der Waals surface area contributed by atoms with Crippen molar-refractivity contribution < 1.29 is 23.7 Å². The number of carbonyl (C=O) groups is 1. The van der Waals surface area contributed by atoms with E-state index in [9.17, 15) is 4.79 Å². The van der Waals surface area contributed by atoms with Gasteiger partial charge < -0.3 is 18.9 Å². The van der Waals surface area contributed by atoms with Crippen LogP contribution in [0.15, 0.2) is 53.2 Å². The fraction of sp³-hybridized carbons (Fsp3) is 0.240. The van der Waals surface area contributed by atoms with Crippen molar-refractivity contribution in [1.82, 2.24) is 9.97 Å². The standard InChI is InChI=1S/C25H24N2O5S2/c1-4-30-21-10-7-17(11-22(21)29-3)24-26-18(14-34-24)12-32-25(28)20-15-33-23(27-20)13-31-19-8-5-16(2)6-9-19/h5-11,14-15H,4,12-13H2,1-3H3. The Balaban J connectivity index is 1.32. The van der Waals surface area contributed by atoms with E-state index in [-0.39, 0.29) is 12.3 Å². The maximum Gasteiger partial charge on any atom is 0.358 e. The lowest BCUT2D eigenvalue weighted by Gasteiger charge is -2.09. The van der Waals surface area contributed by atoms with Gasteiger partial charge in [-0.15, -0.1) is 22.7 Å². The van der Waals surface area contributed by atoms with Crippen LogP contribution in [0.4, 0.5) is 0 Å². The zero-order valence-electron chi connectivity index (χ0n) is 19.1. The highest BCUT2D eigenvalue weighted by molar-refractivity contribution is 7.13. The maximum absolute atomic E-state index is 12.4. The summed E-state index contributed by atoms with van der Waals surface area (Å²) < 4.78 is 22.1. The second-order valence-electron chi connectivity index (χ2n) is 7.25. The fourth-order valence-corrected chi connectivity index (χ4v) is 4.52. The fourth-order valence-electron chi connectivity index (χ4n) is 3.05. The van der Waals surface area contributed by atoms with E-state index in [0.29, 0.717) is 35.4 Å². The van der Waals surface area contributed by atoms with Gasteiger partial charge in [0, 0.05) is 16.3 Å². The molecule has 34 heavy (non-hydrogen) atoms. The average Bonchev–Trinajstić information content (AvgIpc) is 3.53. The summed E-state index contributed by atoms with van der Waals surface area (Å²) in [4.78, 5) is 21.3. The van der Waals surface area contributed by atoms with Gasteiger partial charge in [-0.05, 0) is 44.2 Å². The number of ether oxygens (including phenoxy) is 4. The first-order chi connectivity index (χ1) is 16.6. The summed E-state index contributed by atoms with van der Waals surface area (Å²) in [5.41, 5.74) is 3.00. The summed E-state index contributed by atoms with van der Waals surface area (Å²) in [7, 11) is 1.60. The third-order valence-electron chi connectivity index (χ3n) is 4.76. The van der Waals surface area contributed by atoms with Gasteiger partial charge in [0.1, 0.15) is 29.0 Å². The third kappa shape index (κ3) is 5.92. The minimum Gasteiger partial charge on any atom is -0.493 e. The molecule has 4 rings (SSSR count). The quantitative estimate of drug-likeness (QED) is 0.252. The Morgan fingerprint density at radius 3 is 2.53 bits per heavy atom. The van der Waals surface area contributed by atoms with Crippen LogP contribution in [-0.4, -0.2) is 29.7 Å². The molecule has 0 saturated heterocycles. The van der Waals surface area contributed by atoms with Crippen molar-refractivity contribution in [3.05, 3.63) is 75.2 Å². The first kappa shape index (κ1) is 23.7. The summed E-state index contributed by atoms with van der Waals surface area (Å²) in [5, 5.41) is 5.05. The van der Waals surface area contributed by atoms with Gasteiger partial charge in [-0.1, -0.05) is 17.7 Å². The molecule has 2 heterocycles. The number of thiazole rings is 2. The summed E-state index contributed by atoms with van der Waals surface area (Å²) in [6.45, 7) is 4.86. The molecule has 0 saturated carbocycles. The highest BCUT2D eigenvalue weighted by atomic mass is 32.1. The normalized spacial score (nSPS) is 10.7. The van der Waals surface area contributed by atoms with Gasteiger partial charge in [0.15, 0.2) is 17.2 Å². The molecule has 0 atom stereocenters. The van der Waals surface area contributed by atoms with Gasteiger partial charge in [0.05, 0.1) is 19.4 Å². The van der Waals surface area contributed by atoms with Crippen LogP contribution in [0.1, 0.15) is 33.7 Å². The lowest BCUT2D eigenvalue weighted by atomic mass is 10.2. The lowest BCUT2D eigenvalue weighted by Crippen LogP contribution is -2.06. The van der Waals surface area contributed by atoms with Crippen molar-refractivity contribution >= 4 is 28.6 Å². The number of esters is 1. The van der Waals surface area contributed by atoms with Crippen molar-refractivity contribution in [2.24, 2.45) is 0 Å². The molecule has 176 valence electrons. The van der Waals surface area contributed by atoms with Crippen LogP contribution >= 0.6 is 22.7 Å². The lowest BCUT2D eigenvalue weighted by molar-refractivity contribution is 0.0462. The molecule has 0 N–H and O–H groups in total. The van der Waals surface area contributed by atoms with Crippen molar-refractivity contribution in [2.45, 2.75) is 27.1 Å². The number of methoxy groups -OCH3 is 1. The van der Waals surface area contributed by atoms with Gasteiger partial charge in [-0.3, -0.25) is 0 Å². The highest BCUT2D eigenvalue weighted by Crippen LogP contribution is 2.34. The van der Waals surface area contributed by atoms with Crippen molar-refractivity contribution in [1.29, 1.82) is 0 Å². The van der Waals surface area contributed by atoms with E-state index >= 15 is 0 Å². The van der Waals surface area contributed by atoms with Gasteiger partial charge in [-0.2, -0.15) is 0 Å². The van der Waals surface area contributed by atoms with Crippen LogP contribution in [-0.2, 0) is 18.0 Å². The highest BCUT2D eigenvalue weighted by Gasteiger charge is 2.15. The third-order valence-corrected chi connectivity index (χ3v) is 6.52. The first-order valence-electron chi connectivity index (χ1n) is 10.6. The Labute approximate surface area is 205 Å². The largest absolute Gasteiger partial charge is 0.493 e. The molecule has 2 aromatic heterocycles. The van der Waals surface area contributed by atoms with E-state index in [1.807, 2.05) is 61.7 Å². The van der Waals surface area contributed by atoms with E-state index in [1.54, 1.807) is 12.5 Å². The Morgan fingerprint density at radius 1 is 0.941 bits per heavy atom. The monoisotopic (exact) mass is 496 g/mol. The number of hydrogen-bond acceptors (Lipinski definition) is 9. The SMILES string of the molecule is CCOc1ccc(-c2nc(COC(=O)c3csc(COc4ccc(C)cc4)n3)cs2)cc1OC. The van der Waals surface area contributed by atoms with Gasteiger partial charge >= 0.3 is 5.97 Å². The average molecular weight is 497 g/mol. The number of rotatable bonds is 10. The van der Waals surface area contributed by atoms with Crippen LogP contribution in [0, 0.1) is 6.92 Å². The van der Waals surface area contributed by atoms with Gasteiger partial charge in [0.25, 0.3) is 0 Å². The van der Waals surface area contributed by atoms with Gasteiger partial charge in [-0.25, -0.2) is 14.8 Å². The molecular formula is C25H24N2O5S2. The predicted octanol–water partition coefficient (Wildman–Crippen LogP) is 5.92. The molecule has 2 aromatic carbocycles. The molecule has 0 spiro atoms. The second kappa shape index (κ2) is 11.1. The smallest absolute Gasteiger partial charge is 0.358 e. The Bertz CT molecular complexity index is 1250. The van der Waals surface area contributed by atoms with Crippen LogP contribution in [0.25, 0.3) is 10.6 Å². The summed E-state index contributed by atoms with van der Waals surface area (Å²) in [5.74, 6) is 1.60. The zero-order chi connectivity index (χ0) is 23.9. The summed E-state index contributed by atoms with van der Waals surface area (Å²) >= 11 is 2.83. The second-order valence-corrected chi connectivity index (χ2v) is 9.05. The van der Waals surface area contributed by atoms with Gasteiger partial charge in [0.2, 0.25) is 0 Å². The number of nitrogens with zero attached hydrogens (tertiary/aromatic N) is 2. The Hall–Kier alpha value is -3.43. The van der Waals surface area contributed by atoms with Crippen molar-refractivity contribution in [3.8, 4) is 27.8 Å². The van der Waals surface area contributed by atoms with Crippen LogP contribution in [0.2, 0.25) is 0 Å². The van der Waals surface area contributed by atoms with E-state index < -0.39 is 5.97 Å². The molecule has 0 radical (unpaired) electrons. The summed E-state index contributed by atoms with van der Waals surface area (Å²) in [6.07, 6.45) is 0. The van der Waals surface area contributed by atoms with E-state index in [1.165, 1.54) is 22.7 Å². The first-order valence-corrected chi connectivity index (χ1v) is 12.4. The minimum absolute atomic E-state index is 0.0657. The molecule has 7 nitrogen and oxygen atoms in total. The molecule has 4 aromatic rings. The minimum atomic E-state index is -0.491. The molecule has 0 bridgehead atoms. The molecule has 0 fully saturated rings. The van der Waals surface area contributed by atoms with E-state index in [2.05, 4.69) is 9.97 Å². The zero-order valence-corrected chi connectivity index (χ0v) is 20.7. The van der Waals surface area contributed by atoms with Crippen molar-refractivity contribution in [3.63, 3.8) is 0 Å². The number of hydrogen-bond donors (Lipinski definition) is 0. The van der Waals surface area contributed by atoms with Crippen LogP contribution in [0.5, 0.6) is 17.2 Å². The van der Waals surface area contributed by atoms with Crippen LogP contribution < -0.4 is 14.2 Å². The molecule has 0 unspecified atom stereocenters. The number of aryl methyl sites for hydroxylation is 1. The molecule has 0 amide bonds. The molecule has 9 heteroatoms. The molecule has 0 aliphatic heterocycles. The number of carbonyl (C=O) groups excluding carboxylic acids is 1. The molecule has 0 aliphatic rings. The van der Waals surface area contributed by atoms with Crippen LogP contribution in [0.3, 0.4) is 0 Å². The van der Waals surface area contributed by atoms with E-state index in [4.69, 9.17) is 18.9 Å². The van der Waals surface area contributed by atoms with Crippen molar-refractivity contribution in [2.75, 3.05) is 13.7 Å². The van der Waals surface area contributed by atoms with E-state index in [0.717, 1.165) is 21.9 Å². The number of benzene rings is 2. The Kier molecular flexibility index (Phi) is 7.76. The molecule has 0 aliphatic carbocycles. The predicted molar refractivity (Wildman–Crippen MR) is 132 cm³/mol.